The number of anilines is 1. The molecule has 1 aliphatic heterocycles. The largest absolute Gasteiger partial charge is 0.379 e. The number of likely N-dealkylation sites (tertiary alicyclic amines) is 1. The van der Waals surface area contributed by atoms with Crippen LogP contribution in [0.4, 0.5) is 5.69 Å². The Morgan fingerprint density at radius 3 is 2.36 bits per heavy atom. The van der Waals surface area contributed by atoms with E-state index in [1.165, 1.54) is 10.2 Å². The zero-order valence-corrected chi connectivity index (χ0v) is 16.4. The Labute approximate surface area is 169 Å². The van der Waals surface area contributed by atoms with Crippen LogP contribution in [-0.2, 0) is 6.54 Å². The lowest BCUT2D eigenvalue weighted by Crippen LogP contribution is -3.12. The summed E-state index contributed by atoms with van der Waals surface area (Å²) < 4.78 is 1.33. The van der Waals surface area contributed by atoms with Gasteiger partial charge in [0.2, 0.25) is 0 Å². The van der Waals surface area contributed by atoms with E-state index < -0.39 is 0 Å². The molecule has 1 saturated heterocycles. The number of para-hydroxylation sites is 1. The highest BCUT2D eigenvalue weighted by molar-refractivity contribution is 6.32. The van der Waals surface area contributed by atoms with Crippen molar-refractivity contribution in [2.75, 3.05) is 18.4 Å². The molecule has 1 aliphatic rings. The fourth-order valence-corrected chi connectivity index (χ4v) is 3.92. The molecule has 0 spiro atoms. The summed E-state index contributed by atoms with van der Waals surface area (Å²) in [6.07, 6.45) is 3.74. The average molecular weight is 396 g/mol. The molecule has 1 aromatic heterocycles. The first-order valence-electron chi connectivity index (χ1n) is 9.68. The maximum atomic E-state index is 12.6. The minimum Gasteiger partial charge on any atom is -0.379 e. The van der Waals surface area contributed by atoms with E-state index in [0.717, 1.165) is 32.5 Å². The molecule has 2 N–H and O–H groups in total. The molecule has 0 unspecified atom stereocenters. The van der Waals surface area contributed by atoms with Crippen molar-refractivity contribution in [3.8, 4) is 5.69 Å². The fraction of sp³-hybridized carbons (Fsp3) is 0.273. The first kappa shape index (κ1) is 18.7. The molecule has 0 saturated carbocycles. The number of quaternary nitrogens is 1. The highest BCUT2D eigenvalue weighted by Gasteiger charge is 2.23. The Balaban J connectivity index is 1.39. The number of nitrogens with one attached hydrogen (secondary N) is 2. The quantitative estimate of drug-likeness (QED) is 0.698. The monoisotopic (exact) mass is 395 g/mol. The van der Waals surface area contributed by atoms with E-state index in [1.54, 1.807) is 11.1 Å². The second-order valence-corrected chi connectivity index (χ2v) is 7.63. The van der Waals surface area contributed by atoms with E-state index in [9.17, 15) is 4.79 Å². The molecule has 6 heteroatoms. The lowest BCUT2D eigenvalue weighted by atomic mass is 10.0. The number of hydrogen-bond acceptors (Lipinski definition) is 3. The normalized spacial score (nSPS) is 19.3. The second-order valence-electron chi connectivity index (χ2n) is 7.26. The lowest BCUT2D eigenvalue weighted by Gasteiger charge is -2.30. The van der Waals surface area contributed by atoms with Crippen molar-refractivity contribution < 1.29 is 4.90 Å². The number of aromatic nitrogens is 2. The van der Waals surface area contributed by atoms with Crippen LogP contribution in [0.1, 0.15) is 18.4 Å². The molecule has 144 valence electrons. The maximum Gasteiger partial charge on any atom is 0.292 e. The molecule has 0 amide bonds. The third-order valence-electron chi connectivity index (χ3n) is 5.27. The van der Waals surface area contributed by atoms with Crippen molar-refractivity contribution in [3.63, 3.8) is 0 Å². The number of nitrogens with zero attached hydrogens (tertiary/aromatic N) is 2. The highest BCUT2D eigenvalue weighted by Crippen LogP contribution is 2.19. The van der Waals surface area contributed by atoms with Crippen molar-refractivity contribution in [1.29, 1.82) is 0 Å². The number of piperidine rings is 1. The van der Waals surface area contributed by atoms with Gasteiger partial charge in [0, 0.05) is 24.4 Å². The van der Waals surface area contributed by atoms with Crippen LogP contribution in [0.25, 0.3) is 5.69 Å². The van der Waals surface area contributed by atoms with E-state index >= 15 is 0 Å². The van der Waals surface area contributed by atoms with E-state index in [4.69, 9.17) is 11.6 Å². The third kappa shape index (κ3) is 4.26. The Morgan fingerprint density at radius 2 is 1.68 bits per heavy atom. The van der Waals surface area contributed by atoms with Gasteiger partial charge in [-0.1, -0.05) is 60.1 Å². The molecule has 5 nitrogen and oxygen atoms in total. The summed E-state index contributed by atoms with van der Waals surface area (Å²) in [4.78, 5) is 14.2. The second kappa shape index (κ2) is 8.59. The van der Waals surface area contributed by atoms with E-state index in [0.29, 0.717) is 17.4 Å². The van der Waals surface area contributed by atoms with Gasteiger partial charge < -0.3 is 10.2 Å². The van der Waals surface area contributed by atoms with E-state index in [1.807, 2.05) is 30.3 Å². The molecule has 28 heavy (non-hydrogen) atoms. The molecule has 2 heterocycles. The van der Waals surface area contributed by atoms with E-state index in [-0.39, 0.29) is 10.6 Å². The van der Waals surface area contributed by atoms with Gasteiger partial charge in [0.25, 0.3) is 5.56 Å². The maximum absolute atomic E-state index is 12.6. The van der Waals surface area contributed by atoms with Gasteiger partial charge in [0.15, 0.2) is 0 Å². The Hall–Kier alpha value is -2.63. The van der Waals surface area contributed by atoms with Gasteiger partial charge in [-0.3, -0.25) is 4.79 Å². The van der Waals surface area contributed by atoms with Crippen LogP contribution in [-0.4, -0.2) is 28.9 Å². The zero-order chi connectivity index (χ0) is 19.3. The summed E-state index contributed by atoms with van der Waals surface area (Å²) in [7, 11) is 0. The van der Waals surface area contributed by atoms with Crippen LogP contribution < -0.4 is 15.8 Å². The first-order valence-corrected chi connectivity index (χ1v) is 10.1. The number of benzene rings is 2. The molecular formula is C22H24ClN4O+. The molecule has 2 aromatic carbocycles. The van der Waals surface area contributed by atoms with Gasteiger partial charge in [-0.2, -0.15) is 9.78 Å². The van der Waals surface area contributed by atoms with Gasteiger partial charge in [-0.25, -0.2) is 0 Å². The van der Waals surface area contributed by atoms with Crippen LogP contribution in [0, 0.1) is 0 Å². The standard InChI is InChI=1S/C22H23ClN4O/c23-21-20(15-24-27(22(21)28)19-9-5-2-6-10-19)25-18-11-13-26(14-12-18)16-17-7-3-1-4-8-17/h1-10,15,18,25H,11-14,16H2/p+1. The Bertz CT molecular complexity index is 967. The van der Waals surface area contributed by atoms with Gasteiger partial charge in [0.1, 0.15) is 11.6 Å². The summed E-state index contributed by atoms with van der Waals surface area (Å²) in [5.74, 6) is 0. The number of rotatable bonds is 5. The van der Waals surface area contributed by atoms with Crippen LogP contribution in [0.2, 0.25) is 5.02 Å². The Morgan fingerprint density at radius 1 is 1.04 bits per heavy atom. The molecule has 0 bridgehead atoms. The molecule has 0 radical (unpaired) electrons. The van der Waals surface area contributed by atoms with Crippen LogP contribution in [0.3, 0.4) is 0 Å². The Kier molecular flexibility index (Phi) is 5.74. The number of hydrogen-bond donors (Lipinski definition) is 2. The molecule has 0 atom stereocenters. The highest BCUT2D eigenvalue weighted by atomic mass is 35.5. The van der Waals surface area contributed by atoms with Crippen molar-refractivity contribution in [3.05, 3.63) is 87.8 Å². The molecule has 3 aromatic rings. The smallest absolute Gasteiger partial charge is 0.292 e. The zero-order valence-electron chi connectivity index (χ0n) is 15.6. The van der Waals surface area contributed by atoms with Crippen LogP contribution in [0.15, 0.2) is 71.7 Å². The van der Waals surface area contributed by atoms with Crippen molar-refractivity contribution in [2.45, 2.75) is 25.4 Å². The van der Waals surface area contributed by atoms with Crippen molar-refractivity contribution in [1.82, 2.24) is 9.78 Å². The summed E-state index contributed by atoms with van der Waals surface area (Å²) in [6, 6.07) is 20.2. The minimum absolute atomic E-state index is 0.193. The van der Waals surface area contributed by atoms with Crippen LogP contribution in [0.5, 0.6) is 0 Å². The lowest BCUT2D eigenvalue weighted by molar-refractivity contribution is -0.918. The van der Waals surface area contributed by atoms with Gasteiger partial charge >= 0.3 is 0 Å². The van der Waals surface area contributed by atoms with Gasteiger partial charge in [0.05, 0.1) is 30.7 Å². The van der Waals surface area contributed by atoms with Crippen LogP contribution >= 0.6 is 11.6 Å². The third-order valence-corrected chi connectivity index (χ3v) is 5.63. The average Bonchev–Trinajstić information content (AvgIpc) is 2.74. The topological polar surface area (TPSA) is 51.4 Å². The molecule has 0 aliphatic carbocycles. The molecule has 4 rings (SSSR count). The first-order chi connectivity index (χ1) is 13.7. The molecular weight excluding hydrogens is 372 g/mol. The van der Waals surface area contributed by atoms with Gasteiger partial charge in [-0.05, 0) is 12.1 Å². The van der Waals surface area contributed by atoms with Crippen molar-refractivity contribution >= 4 is 17.3 Å². The summed E-state index contributed by atoms with van der Waals surface area (Å²) in [5.41, 5.74) is 2.40. The summed E-state index contributed by atoms with van der Waals surface area (Å²) in [6.45, 7) is 3.25. The summed E-state index contributed by atoms with van der Waals surface area (Å²) >= 11 is 6.36. The van der Waals surface area contributed by atoms with Gasteiger partial charge in [-0.15, -0.1) is 0 Å². The number of halogens is 1. The fourth-order valence-electron chi connectivity index (χ4n) is 3.74. The predicted molar refractivity (Wildman–Crippen MR) is 112 cm³/mol. The minimum atomic E-state index is -0.301. The summed E-state index contributed by atoms with van der Waals surface area (Å²) in [5, 5.41) is 7.92. The van der Waals surface area contributed by atoms with Crippen molar-refractivity contribution in [2.24, 2.45) is 0 Å². The predicted octanol–water partition coefficient (Wildman–Crippen LogP) is 2.55. The van der Waals surface area contributed by atoms with E-state index in [2.05, 4.69) is 40.7 Å². The molecule has 1 fully saturated rings. The SMILES string of the molecule is O=c1c(Cl)c(NC2CC[NH+](Cc3ccccc3)CC2)cnn1-c1ccccc1.